The molecule has 0 spiro atoms. The lowest BCUT2D eigenvalue weighted by atomic mass is 9.97. The van der Waals surface area contributed by atoms with Gasteiger partial charge in [0, 0.05) is 20.8 Å². The minimum absolute atomic E-state index is 0.221. The van der Waals surface area contributed by atoms with Crippen molar-refractivity contribution in [1.82, 2.24) is 9.97 Å². The van der Waals surface area contributed by atoms with Crippen LogP contribution >= 0.6 is 34.5 Å². The number of amides is 1. The molecule has 0 unspecified atom stereocenters. The summed E-state index contributed by atoms with van der Waals surface area (Å²) in [5.74, 6) is -0.221. The summed E-state index contributed by atoms with van der Waals surface area (Å²) in [5, 5.41) is 5.33. The number of para-hydroxylation sites is 1. The lowest BCUT2D eigenvalue weighted by molar-refractivity contribution is 0.102. The van der Waals surface area contributed by atoms with Crippen molar-refractivity contribution < 1.29 is 4.79 Å². The number of anilines is 1. The highest BCUT2D eigenvalue weighted by Crippen LogP contribution is 2.35. The number of halogens is 2. The zero-order chi connectivity index (χ0) is 20.7. The van der Waals surface area contributed by atoms with Crippen LogP contribution in [0.3, 0.4) is 0 Å². The molecule has 2 aromatic heterocycles. The van der Waals surface area contributed by atoms with Crippen LogP contribution < -0.4 is 5.32 Å². The Morgan fingerprint density at radius 2 is 1.79 bits per heavy atom. The van der Waals surface area contributed by atoms with Crippen LogP contribution in [-0.4, -0.2) is 15.9 Å². The molecule has 0 aliphatic rings. The number of thiazole rings is 1. The maximum absolute atomic E-state index is 13.3. The SMILES string of the molecule is Cc1nc(NC(=O)c2c(C)c(-c3ccc(Cl)cc3Cl)nc3ccccc23)sc1C. The van der Waals surface area contributed by atoms with Crippen LogP contribution in [0.25, 0.3) is 22.2 Å². The predicted octanol–water partition coefficient (Wildman–Crippen LogP) is 6.84. The van der Waals surface area contributed by atoms with E-state index in [1.807, 2.05) is 51.1 Å². The van der Waals surface area contributed by atoms with Crippen molar-refractivity contribution in [3.63, 3.8) is 0 Å². The molecule has 2 heterocycles. The number of hydrogen-bond acceptors (Lipinski definition) is 4. The van der Waals surface area contributed by atoms with E-state index in [-0.39, 0.29) is 5.91 Å². The second-order valence-electron chi connectivity index (χ2n) is 6.72. The normalized spacial score (nSPS) is 11.1. The van der Waals surface area contributed by atoms with Crippen LogP contribution in [0.15, 0.2) is 42.5 Å². The molecule has 0 atom stereocenters. The topological polar surface area (TPSA) is 54.9 Å². The first-order valence-corrected chi connectivity index (χ1v) is 10.5. The fourth-order valence-electron chi connectivity index (χ4n) is 3.23. The van der Waals surface area contributed by atoms with Gasteiger partial charge in [0.2, 0.25) is 0 Å². The molecule has 0 bridgehead atoms. The van der Waals surface area contributed by atoms with E-state index in [0.717, 1.165) is 32.6 Å². The van der Waals surface area contributed by atoms with Crippen molar-refractivity contribution >= 4 is 56.5 Å². The standard InChI is InChI=1S/C22H17Cl2N3OS/c1-11-19(21(28)27-22-25-12(2)13(3)29-22)16-6-4-5-7-18(16)26-20(11)15-9-8-14(23)10-17(15)24/h4-10H,1-3H3,(H,25,27,28). The number of hydrogen-bond donors (Lipinski definition) is 1. The summed E-state index contributed by atoms with van der Waals surface area (Å²) in [7, 11) is 0. The predicted molar refractivity (Wildman–Crippen MR) is 121 cm³/mol. The first kappa shape index (κ1) is 19.8. The fourth-order valence-corrected chi connectivity index (χ4v) is 4.54. The van der Waals surface area contributed by atoms with Gasteiger partial charge < -0.3 is 0 Å². The quantitative estimate of drug-likeness (QED) is 0.378. The molecule has 0 aliphatic heterocycles. The zero-order valence-corrected chi connectivity index (χ0v) is 18.3. The molecule has 4 rings (SSSR count). The van der Waals surface area contributed by atoms with Crippen LogP contribution in [0.5, 0.6) is 0 Å². The Morgan fingerprint density at radius 1 is 1.03 bits per heavy atom. The molecule has 4 nitrogen and oxygen atoms in total. The lowest BCUT2D eigenvalue weighted by Gasteiger charge is -2.15. The van der Waals surface area contributed by atoms with E-state index in [2.05, 4.69) is 10.3 Å². The van der Waals surface area contributed by atoms with Crippen molar-refractivity contribution in [3.8, 4) is 11.3 Å². The molecule has 2 aromatic carbocycles. The van der Waals surface area contributed by atoms with E-state index in [0.29, 0.717) is 26.4 Å². The second-order valence-corrected chi connectivity index (χ2v) is 8.76. The zero-order valence-electron chi connectivity index (χ0n) is 16.0. The summed E-state index contributed by atoms with van der Waals surface area (Å²) in [6, 6.07) is 12.8. The molecule has 1 N–H and O–H groups in total. The highest BCUT2D eigenvalue weighted by molar-refractivity contribution is 7.15. The third kappa shape index (κ3) is 3.73. The van der Waals surface area contributed by atoms with Gasteiger partial charge in [-0.05, 0) is 50.6 Å². The van der Waals surface area contributed by atoms with Crippen LogP contribution in [0, 0.1) is 20.8 Å². The number of aromatic nitrogens is 2. The highest BCUT2D eigenvalue weighted by atomic mass is 35.5. The average molecular weight is 442 g/mol. The van der Waals surface area contributed by atoms with Gasteiger partial charge in [-0.2, -0.15) is 0 Å². The molecule has 0 saturated carbocycles. The first-order chi connectivity index (χ1) is 13.8. The molecular weight excluding hydrogens is 425 g/mol. The minimum atomic E-state index is -0.221. The Labute approximate surface area is 182 Å². The van der Waals surface area contributed by atoms with Crippen LogP contribution in [0.4, 0.5) is 5.13 Å². The number of aryl methyl sites for hydroxylation is 2. The summed E-state index contributed by atoms with van der Waals surface area (Å²) in [4.78, 5) is 23.5. The Hall–Kier alpha value is -2.47. The third-order valence-electron chi connectivity index (χ3n) is 4.80. The largest absolute Gasteiger partial charge is 0.298 e. The van der Waals surface area contributed by atoms with E-state index in [1.54, 1.807) is 12.1 Å². The van der Waals surface area contributed by atoms with Crippen LogP contribution in [-0.2, 0) is 0 Å². The average Bonchev–Trinajstić information content (AvgIpc) is 2.98. The number of carbonyl (C=O) groups excluding carboxylic acids is 1. The molecular formula is C22H17Cl2N3OS. The molecule has 0 fully saturated rings. The van der Waals surface area contributed by atoms with E-state index in [9.17, 15) is 4.79 Å². The van der Waals surface area contributed by atoms with E-state index in [4.69, 9.17) is 28.2 Å². The molecule has 146 valence electrons. The monoisotopic (exact) mass is 441 g/mol. The summed E-state index contributed by atoms with van der Waals surface area (Å²) in [5.41, 5.74) is 4.32. The van der Waals surface area contributed by atoms with Crippen molar-refractivity contribution in [1.29, 1.82) is 0 Å². The Kier molecular flexibility index (Phi) is 5.30. The van der Waals surface area contributed by atoms with Gasteiger partial charge in [0.05, 0.1) is 27.5 Å². The number of rotatable bonds is 3. The molecule has 29 heavy (non-hydrogen) atoms. The number of nitrogens with zero attached hydrogens (tertiary/aromatic N) is 2. The van der Waals surface area contributed by atoms with Crippen molar-refractivity contribution in [3.05, 3.63) is 74.2 Å². The van der Waals surface area contributed by atoms with Crippen LogP contribution in [0.1, 0.15) is 26.5 Å². The first-order valence-electron chi connectivity index (χ1n) is 8.95. The smallest absolute Gasteiger partial charge is 0.258 e. The number of carbonyl (C=O) groups is 1. The highest BCUT2D eigenvalue weighted by Gasteiger charge is 2.21. The maximum atomic E-state index is 13.3. The molecule has 0 radical (unpaired) electrons. The number of fused-ring (bicyclic) bond motifs is 1. The Morgan fingerprint density at radius 3 is 2.48 bits per heavy atom. The number of benzene rings is 2. The summed E-state index contributed by atoms with van der Waals surface area (Å²) in [6.07, 6.45) is 0. The number of pyridine rings is 1. The molecule has 0 saturated heterocycles. The van der Waals surface area contributed by atoms with Gasteiger partial charge in [-0.3, -0.25) is 10.1 Å². The van der Waals surface area contributed by atoms with E-state index < -0.39 is 0 Å². The van der Waals surface area contributed by atoms with Crippen molar-refractivity contribution in [2.75, 3.05) is 5.32 Å². The van der Waals surface area contributed by atoms with Gasteiger partial charge in [0.15, 0.2) is 5.13 Å². The van der Waals surface area contributed by atoms with Gasteiger partial charge in [0.1, 0.15) is 0 Å². The summed E-state index contributed by atoms with van der Waals surface area (Å²) >= 11 is 13.9. The van der Waals surface area contributed by atoms with Gasteiger partial charge in [-0.25, -0.2) is 9.97 Å². The van der Waals surface area contributed by atoms with Crippen molar-refractivity contribution in [2.45, 2.75) is 20.8 Å². The van der Waals surface area contributed by atoms with Gasteiger partial charge in [-0.15, -0.1) is 11.3 Å². The maximum Gasteiger partial charge on any atom is 0.258 e. The van der Waals surface area contributed by atoms with Gasteiger partial charge >= 0.3 is 0 Å². The molecule has 1 amide bonds. The summed E-state index contributed by atoms with van der Waals surface area (Å²) < 4.78 is 0. The lowest BCUT2D eigenvalue weighted by Crippen LogP contribution is -2.15. The Balaban J connectivity index is 1.90. The minimum Gasteiger partial charge on any atom is -0.298 e. The molecule has 4 aromatic rings. The third-order valence-corrected chi connectivity index (χ3v) is 6.33. The van der Waals surface area contributed by atoms with Gasteiger partial charge in [-0.1, -0.05) is 41.4 Å². The van der Waals surface area contributed by atoms with Crippen LogP contribution in [0.2, 0.25) is 10.0 Å². The van der Waals surface area contributed by atoms with E-state index in [1.165, 1.54) is 11.3 Å². The molecule has 7 heteroatoms. The van der Waals surface area contributed by atoms with Crippen molar-refractivity contribution in [2.24, 2.45) is 0 Å². The molecule has 0 aliphatic carbocycles. The Bertz CT molecular complexity index is 1250. The second kappa shape index (κ2) is 7.75. The number of nitrogens with one attached hydrogen (secondary N) is 1. The van der Waals surface area contributed by atoms with E-state index >= 15 is 0 Å². The summed E-state index contributed by atoms with van der Waals surface area (Å²) in [6.45, 7) is 5.79. The fraction of sp³-hybridized carbons (Fsp3) is 0.136. The van der Waals surface area contributed by atoms with Gasteiger partial charge in [0.25, 0.3) is 5.91 Å².